The molecule has 2 aromatic rings. The predicted molar refractivity (Wildman–Crippen MR) is 101 cm³/mol. The average molecular weight is 371 g/mol. The van der Waals surface area contributed by atoms with Gasteiger partial charge in [-0.2, -0.15) is 0 Å². The number of piperidine rings is 1. The average Bonchev–Trinajstić information content (AvgIpc) is 2.68. The number of para-hydroxylation sites is 4. The molecule has 0 saturated carbocycles. The lowest BCUT2D eigenvalue weighted by molar-refractivity contribution is -0.385. The summed E-state index contributed by atoms with van der Waals surface area (Å²) >= 11 is 0. The van der Waals surface area contributed by atoms with Gasteiger partial charge < -0.3 is 20.1 Å². The molecule has 142 valence electrons. The predicted octanol–water partition coefficient (Wildman–Crippen LogP) is 2.57. The molecule has 3 rings (SSSR count). The number of aliphatic hydroxyl groups excluding tert-OH is 1. The Labute approximate surface area is 156 Å². The van der Waals surface area contributed by atoms with Gasteiger partial charge >= 0.3 is 5.69 Å². The van der Waals surface area contributed by atoms with Crippen LogP contribution in [0.25, 0.3) is 0 Å². The lowest BCUT2D eigenvalue weighted by atomic mass is 10.1. The molecule has 2 aromatic carbocycles. The number of nitro groups is 1. The quantitative estimate of drug-likeness (QED) is 0.597. The van der Waals surface area contributed by atoms with E-state index in [0.29, 0.717) is 31.6 Å². The summed E-state index contributed by atoms with van der Waals surface area (Å²) in [5, 5.41) is 23.5. The van der Waals surface area contributed by atoms with Crippen LogP contribution in [-0.4, -0.2) is 41.7 Å². The van der Waals surface area contributed by atoms with Crippen molar-refractivity contribution >= 4 is 23.0 Å². The van der Waals surface area contributed by atoms with Crippen LogP contribution >= 0.6 is 0 Å². The van der Waals surface area contributed by atoms with E-state index in [1.54, 1.807) is 12.1 Å². The van der Waals surface area contributed by atoms with E-state index < -0.39 is 10.8 Å². The summed E-state index contributed by atoms with van der Waals surface area (Å²) in [5.74, 6) is -0.353. The van der Waals surface area contributed by atoms with Gasteiger partial charge in [0.25, 0.3) is 5.91 Å². The SMILES string of the molecule is O=C(COc1ccccc1[N+](=O)[O-])Nc1ccccc1N1CCC(O)CC1. The Morgan fingerprint density at radius 2 is 1.85 bits per heavy atom. The summed E-state index contributed by atoms with van der Waals surface area (Å²) in [6.45, 7) is 1.08. The van der Waals surface area contributed by atoms with Crippen molar-refractivity contribution < 1.29 is 19.6 Å². The molecule has 0 unspecified atom stereocenters. The first kappa shape index (κ1) is 18.7. The first-order valence-corrected chi connectivity index (χ1v) is 8.72. The van der Waals surface area contributed by atoms with Crippen molar-refractivity contribution in [2.24, 2.45) is 0 Å². The van der Waals surface area contributed by atoms with Crippen LogP contribution < -0.4 is 15.0 Å². The lowest BCUT2D eigenvalue weighted by Gasteiger charge is -2.32. The summed E-state index contributed by atoms with van der Waals surface area (Å²) in [6, 6.07) is 13.4. The molecule has 1 saturated heterocycles. The van der Waals surface area contributed by atoms with Crippen molar-refractivity contribution in [1.29, 1.82) is 0 Å². The molecule has 27 heavy (non-hydrogen) atoms. The second-order valence-corrected chi connectivity index (χ2v) is 6.30. The number of nitro benzene ring substituents is 1. The number of hydrogen-bond acceptors (Lipinski definition) is 6. The number of anilines is 2. The highest BCUT2D eigenvalue weighted by molar-refractivity contribution is 5.95. The molecular formula is C19H21N3O5. The third-order valence-corrected chi connectivity index (χ3v) is 4.40. The summed E-state index contributed by atoms with van der Waals surface area (Å²) < 4.78 is 5.33. The van der Waals surface area contributed by atoms with Crippen LogP contribution in [0.5, 0.6) is 5.75 Å². The molecule has 8 nitrogen and oxygen atoms in total. The molecule has 8 heteroatoms. The fourth-order valence-corrected chi connectivity index (χ4v) is 3.02. The first-order valence-electron chi connectivity index (χ1n) is 8.72. The van der Waals surface area contributed by atoms with E-state index in [4.69, 9.17) is 4.74 Å². The highest BCUT2D eigenvalue weighted by atomic mass is 16.6. The van der Waals surface area contributed by atoms with Crippen molar-refractivity contribution in [1.82, 2.24) is 0 Å². The van der Waals surface area contributed by atoms with E-state index >= 15 is 0 Å². The summed E-state index contributed by atoms with van der Waals surface area (Å²) in [4.78, 5) is 24.9. The molecular weight excluding hydrogens is 350 g/mol. The zero-order chi connectivity index (χ0) is 19.2. The largest absolute Gasteiger partial charge is 0.477 e. The maximum atomic E-state index is 12.3. The van der Waals surface area contributed by atoms with Gasteiger partial charge in [0, 0.05) is 19.2 Å². The molecule has 0 spiro atoms. The van der Waals surface area contributed by atoms with E-state index in [-0.39, 0.29) is 24.1 Å². The minimum atomic E-state index is -0.548. The number of nitrogens with zero attached hydrogens (tertiary/aromatic N) is 2. The summed E-state index contributed by atoms with van der Waals surface area (Å²) in [5.41, 5.74) is 1.34. The van der Waals surface area contributed by atoms with Crippen molar-refractivity contribution in [2.75, 3.05) is 29.9 Å². The van der Waals surface area contributed by atoms with Gasteiger partial charge in [0.05, 0.1) is 22.4 Å². The second-order valence-electron chi connectivity index (χ2n) is 6.30. The third-order valence-electron chi connectivity index (χ3n) is 4.40. The topological polar surface area (TPSA) is 105 Å². The standard InChI is InChI=1S/C19H21N3O5/c23-14-9-11-21(12-10-14)16-6-2-1-5-15(16)20-19(24)13-27-18-8-4-3-7-17(18)22(25)26/h1-8,14,23H,9-13H2,(H,20,24). The van der Waals surface area contributed by atoms with E-state index in [1.807, 2.05) is 18.2 Å². The molecule has 0 aliphatic carbocycles. The molecule has 0 bridgehead atoms. The van der Waals surface area contributed by atoms with Crippen LogP contribution in [0.4, 0.5) is 17.1 Å². The Bertz CT molecular complexity index is 818. The molecule has 1 amide bonds. The summed E-state index contributed by atoms with van der Waals surface area (Å²) in [7, 11) is 0. The Morgan fingerprint density at radius 1 is 1.19 bits per heavy atom. The lowest BCUT2D eigenvalue weighted by Crippen LogP contribution is -2.36. The number of nitrogens with one attached hydrogen (secondary N) is 1. The van der Waals surface area contributed by atoms with Crippen molar-refractivity contribution in [3.63, 3.8) is 0 Å². The van der Waals surface area contributed by atoms with E-state index in [2.05, 4.69) is 10.2 Å². The van der Waals surface area contributed by atoms with E-state index in [0.717, 1.165) is 5.69 Å². The molecule has 2 N–H and O–H groups in total. The van der Waals surface area contributed by atoms with Gasteiger partial charge in [-0.25, -0.2) is 0 Å². The van der Waals surface area contributed by atoms with Crippen LogP contribution in [0.3, 0.4) is 0 Å². The molecule has 1 fully saturated rings. The molecule has 0 atom stereocenters. The first-order chi connectivity index (χ1) is 13.0. The maximum absolute atomic E-state index is 12.3. The molecule has 1 aliphatic rings. The van der Waals surface area contributed by atoms with Gasteiger partial charge in [-0.3, -0.25) is 14.9 Å². The highest BCUT2D eigenvalue weighted by Gasteiger charge is 2.20. The monoisotopic (exact) mass is 371 g/mol. The number of hydrogen-bond donors (Lipinski definition) is 2. The highest BCUT2D eigenvalue weighted by Crippen LogP contribution is 2.29. The van der Waals surface area contributed by atoms with Gasteiger partial charge in [-0.15, -0.1) is 0 Å². The van der Waals surface area contributed by atoms with Crippen molar-refractivity contribution in [3.8, 4) is 5.75 Å². The number of carbonyl (C=O) groups is 1. The number of carbonyl (C=O) groups excluding carboxylic acids is 1. The minimum absolute atomic E-state index is 0.0518. The van der Waals surface area contributed by atoms with Crippen LogP contribution in [0.1, 0.15) is 12.8 Å². The van der Waals surface area contributed by atoms with Crippen LogP contribution in [0.2, 0.25) is 0 Å². The molecule has 1 aliphatic heterocycles. The van der Waals surface area contributed by atoms with Gasteiger partial charge in [0.15, 0.2) is 12.4 Å². The van der Waals surface area contributed by atoms with Crippen LogP contribution in [-0.2, 0) is 4.79 Å². The fraction of sp³-hybridized carbons (Fsp3) is 0.316. The van der Waals surface area contributed by atoms with E-state index in [9.17, 15) is 20.0 Å². The zero-order valence-corrected chi connectivity index (χ0v) is 14.7. The number of aliphatic hydroxyl groups is 1. The second kappa shape index (κ2) is 8.50. The van der Waals surface area contributed by atoms with Crippen molar-refractivity contribution in [3.05, 3.63) is 58.6 Å². The normalized spacial score (nSPS) is 14.6. The van der Waals surface area contributed by atoms with Crippen LogP contribution in [0, 0.1) is 10.1 Å². The summed E-state index contributed by atoms with van der Waals surface area (Å²) in [6.07, 6.45) is 1.09. The maximum Gasteiger partial charge on any atom is 0.310 e. The van der Waals surface area contributed by atoms with E-state index in [1.165, 1.54) is 18.2 Å². The number of amides is 1. The third kappa shape index (κ3) is 4.73. The minimum Gasteiger partial charge on any atom is -0.477 e. The number of ether oxygens (including phenoxy) is 1. The molecule has 1 heterocycles. The Balaban J connectivity index is 1.64. The molecule has 0 radical (unpaired) electrons. The smallest absolute Gasteiger partial charge is 0.310 e. The Morgan fingerprint density at radius 3 is 2.59 bits per heavy atom. The van der Waals surface area contributed by atoms with Crippen LogP contribution in [0.15, 0.2) is 48.5 Å². The van der Waals surface area contributed by atoms with Gasteiger partial charge in [-0.1, -0.05) is 24.3 Å². The van der Waals surface area contributed by atoms with Gasteiger partial charge in [0.2, 0.25) is 0 Å². The van der Waals surface area contributed by atoms with Crippen molar-refractivity contribution in [2.45, 2.75) is 18.9 Å². The molecule has 0 aromatic heterocycles. The number of benzene rings is 2. The van der Waals surface area contributed by atoms with Gasteiger partial charge in [-0.05, 0) is 31.0 Å². The zero-order valence-electron chi connectivity index (χ0n) is 14.7. The Kier molecular flexibility index (Phi) is 5.87. The Hall–Kier alpha value is -3.13. The number of rotatable bonds is 6. The fourth-order valence-electron chi connectivity index (χ4n) is 3.02. The van der Waals surface area contributed by atoms with Gasteiger partial charge in [0.1, 0.15) is 0 Å².